The minimum atomic E-state index is -1.49. The van der Waals surface area contributed by atoms with Gasteiger partial charge in [-0.2, -0.15) is 5.26 Å². The number of para-hydroxylation sites is 1. The summed E-state index contributed by atoms with van der Waals surface area (Å²) in [5, 5.41) is 10.0. The number of allylic oxidation sites excluding steroid dienone is 2. The van der Waals surface area contributed by atoms with Crippen molar-refractivity contribution in [3.8, 4) is 6.07 Å². The Morgan fingerprint density at radius 3 is 1.38 bits per heavy atom. The van der Waals surface area contributed by atoms with Gasteiger partial charge in [-0.1, -0.05) is 132 Å². The van der Waals surface area contributed by atoms with E-state index in [9.17, 15) is 5.26 Å². The van der Waals surface area contributed by atoms with Gasteiger partial charge >= 0.3 is 0 Å². The summed E-state index contributed by atoms with van der Waals surface area (Å²) in [5.74, 6) is -3.18. The fourth-order valence-electron chi connectivity index (χ4n) is 8.57. The van der Waals surface area contributed by atoms with Gasteiger partial charge in [0.1, 0.15) is 6.07 Å². The number of amides is 2. The molecule has 2 fully saturated rings. The molecule has 2 amide bonds. The number of benzene rings is 5. The maximum absolute atomic E-state index is 16.0. The van der Waals surface area contributed by atoms with E-state index in [1.165, 1.54) is 4.90 Å². The molecule has 5 nitrogen and oxygen atoms in total. The number of anilines is 1. The Hall–Kier alpha value is -5.86. The summed E-state index contributed by atoms with van der Waals surface area (Å²) in [4.78, 5) is 47.3. The number of nitriles is 1. The highest BCUT2D eigenvalue weighted by molar-refractivity contribution is 6.39. The summed E-state index contributed by atoms with van der Waals surface area (Å²) in [6, 6.07) is 44.0. The number of carbonyl (C=O) groups excluding carboxylic acids is 3. The molecule has 47 heavy (non-hydrogen) atoms. The average molecular weight is 611 g/mol. The topological polar surface area (TPSA) is 78.2 Å². The lowest BCUT2D eigenvalue weighted by Gasteiger charge is -2.39. The Morgan fingerprint density at radius 2 is 0.957 bits per heavy atom. The zero-order valence-electron chi connectivity index (χ0n) is 26.0. The maximum Gasteiger partial charge on any atom is 0.239 e. The lowest BCUT2D eigenvalue weighted by atomic mass is 9.59. The second-order valence-electron chi connectivity index (χ2n) is 12.8. The number of Topliss-reactive ketones (excluding diaryl/α,β-unsaturated/α-hetero) is 1. The zero-order chi connectivity index (χ0) is 32.5. The molecule has 0 unspecified atom stereocenters. The van der Waals surface area contributed by atoms with Gasteiger partial charge in [0.05, 0.1) is 33.9 Å². The molecule has 5 aromatic rings. The van der Waals surface area contributed by atoms with Crippen LogP contribution in [0.4, 0.5) is 5.69 Å². The van der Waals surface area contributed by atoms with Gasteiger partial charge in [0.2, 0.25) is 11.8 Å². The van der Waals surface area contributed by atoms with Gasteiger partial charge < -0.3 is 0 Å². The number of imide groups is 1. The largest absolute Gasteiger partial charge is 0.297 e. The molecule has 0 aromatic heterocycles. The molecule has 1 heterocycles. The first-order valence-electron chi connectivity index (χ1n) is 15.8. The van der Waals surface area contributed by atoms with E-state index in [-0.39, 0.29) is 17.0 Å². The van der Waals surface area contributed by atoms with Crippen molar-refractivity contribution < 1.29 is 14.4 Å². The average Bonchev–Trinajstić information content (AvgIpc) is 3.61. The van der Waals surface area contributed by atoms with E-state index in [4.69, 9.17) is 0 Å². The Morgan fingerprint density at radius 1 is 0.553 bits per heavy atom. The molecule has 1 saturated carbocycles. The van der Waals surface area contributed by atoms with Crippen LogP contribution in [0.15, 0.2) is 133 Å². The normalized spacial score (nSPS) is 24.5. The molecule has 1 aliphatic heterocycles. The Labute approximate surface area is 273 Å². The molecule has 1 saturated heterocycles. The molecular formula is C42H30N2O3. The van der Waals surface area contributed by atoms with Crippen LogP contribution in [-0.4, -0.2) is 17.6 Å². The highest BCUT2D eigenvalue weighted by Gasteiger charge is 2.82. The molecular weight excluding hydrogens is 580 g/mol. The van der Waals surface area contributed by atoms with Crippen LogP contribution < -0.4 is 4.90 Å². The molecule has 0 radical (unpaired) electrons. The van der Waals surface area contributed by atoms with Gasteiger partial charge in [-0.3, -0.25) is 14.4 Å². The molecule has 4 atom stereocenters. The Balaban J connectivity index is 1.56. The zero-order valence-corrected chi connectivity index (χ0v) is 26.0. The van der Waals surface area contributed by atoms with Gasteiger partial charge in [0.25, 0.3) is 0 Å². The third-order valence-electron chi connectivity index (χ3n) is 10.4. The van der Waals surface area contributed by atoms with Crippen molar-refractivity contribution in [2.45, 2.75) is 24.7 Å². The number of rotatable bonds is 5. The fourth-order valence-corrected chi connectivity index (χ4v) is 8.57. The summed E-state index contributed by atoms with van der Waals surface area (Å²) in [6.07, 6.45) is 0. The summed E-state index contributed by atoms with van der Waals surface area (Å²) < 4.78 is 0. The summed E-state index contributed by atoms with van der Waals surface area (Å²) >= 11 is 0. The van der Waals surface area contributed by atoms with Crippen LogP contribution in [0.1, 0.15) is 38.9 Å². The number of aryl methyl sites for hydroxylation is 2. The van der Waals surface area contributed by atoms with Gasteiger partial charge in [0.15, 0.2) is 5.78 Å². The minimum absolute atomic E-state index is 0.168. The third-order valence-corrected chi connectivity index (χ3v) is 10.4. The molecule has 5 heteroatoms. The maximum atomic E-state index is 16.0. The van der Waals surface area contributed by atoms with E-state index in [1.54, 1.807) is 24.3 Å². The number of carbonyl (C=O) groups is 3. The van der Waals surface area contributed by atoms with Crippen LogP contribution in [0.25, 0.3) is 11.1 Å². The van der Waals surface area contributed by atoms with Crippen LogP contribution in [0.2, 0.25) is 0 Å². The monoisotopic (exact) mass is 610 g/mol. The number of hydrogen-bond donors (Lipinski definition) is 0. The number of hydrogen-bond acceptors (Lipinski definition) is 4. The van der Waals surface area contributed by atoms with Crippen molar-refractivity contribution in [1.82, 2.24) is 0 Å². The van der Waals surface area contributed by atoms with E-state index < -0.39 is 34.5 Å². The highest BCUT2D eigenvalue weighted by Crippen LogP contribution is 2.74. The van der Waals surface area contributed by atoms with E-state index in [1.807, 2.05) is 123 Å². The second-order valence-corrected chi connectivity index (χ2v) is 12.8. The molecule has 5 aromatic carbocycles. The summed E-state index contributed by atoms with van der Waals surface area (Å²) in [5.41, 5.74) is 4.13. The van der Waals surface area contributed by atoms with Crippen molar-refractivity contribution in [2.24, 2.45) is 11.8 Å². The van der Waals surface area contributed by atoms with Crippen LogP contribution >= 0.6 is 0 Å². The predicted molar refractivity (Wildman–Crippen MR) is 181 cm³/mol. The number of nitrogens with zero attached hydrogens (tertiary/aromatic N) is 2. The summed E-state index contributed by atoms with van der Waals surface area (Å²) in [7, 11) is 0. The van der Waals surface area contributed by atoms with Crippen molar-refractivity contribution in [2.75, 3.05) is 4.90 Å². The fraction of sp³-hybridized carbons (Fsp3) is 0.143. The molecule has 3 aliphatic rings. The first kappa shape index (κ1) is 28.6. The van der Waals surface area contributed by atoms with Crippen molar-refractivity contribution >= 4 is 34.4 Å². The highest BCUT2D eigenvalue weighted by atomic mass is 16.2. The lowest BCUT2D eigenvalue weighted by molar-refractivity contribution is -0.130. The van der Waals surface area contributed by atoms with E-state index in [0.717, 1.165) is 33.4 Å². The van der Waals surface area contributed by atoms with E-state index >= 15 is 14.4 Å². The number of fused-ring (bicyclic) bond motifs is 5. The van der Waals surface area contributed by atoms with E-state index in [0.29, 0.717) is 11.1 Å². The third kappa shape index (κ3) is 3.61. The molecule has 2 aliphatic carbocycles. The van der Waals surface area contributed by atoms with E-state index in [2.05, 4.69) is 6.07 Å². The minimum Gasteiger partial charge on any atom is -0.297 e. The van der Waals surface area contributed by atoms with Crippen LogP contribution in [0, 0.1) is 37.0 Å². The van der Waals surface area contributed by atoms with Gasteiger partial charge in [-0.25, -0.2) is 4.90 Å². The van der Waals surface area contributed by atoms with Crippen molar-refractivity contribution in [3.63, 3.8) is 0 Å². The molecule has 0 spiro atoms. The van der Waals surface area contributed by atoms with Crippen molar-refractivity contribution in [3.05, 3.63) is 172 Å². The predicted octanol–water partition coefficient (Wildman–Crippen LogP) is 7.36. The Kier molecular flexibility index (Phi) is 6.29. The number of ketones is 1. The smallest absolute Gasteiger partial charge is 0.239 e. The van der Waals surface area contributed by atoms with Crippen LogP contribution in [0.3, 0.4) is 0 Å². The first-order chi connectivity index (χ1) is 22.9. The summed E-state index contributed by atoms with van der Waals surface area (Å²) in [6.45, 7) is 4.03. The standard InChI is InChI=1S/C42H30N2O3/c1-26-17-21-28(22-18-26)34-35(29-23-19-27(2)20-24-29)42(32-14-7-4-8-15-32)37-36(41(34,40(42)47)31-12-5-3-6-13-31)38(45)44(39(37)46)33-16-10-9-11-30(33)25-43/h3-24,36-37H,1-2H3/t36-,37-,41+,42+/m0/s1. The van der Waals surface area contributed by atoms with Gasteiger partial charge in [0, 0.05) is 0 Å². The van der Waals surface area contributed by atoms with Gasteiger partial charge in [-0.05, 0) is 59.4 Å². The lowest BCUT2D eigenvalue weighted by Crippen LogP contribution is -2.45. The molecule has 8 rings (SSSR count). The van der Waals surface area contributed by atoms with Crippen LogP contribution in [-0.2, 0) is 25.2 Å². The van der Waals surface area contributed by atoms with Gasteiger partial charge in [-0.15, -0.1) is 0 Å². The van der Waals surface area contributed by atoms with Crippen LogP contribution in [0.5, 0.6) is 0 Å². The second kappa shape index (κ2) is 10.3. The molecule has 0 N–H and O–H groups in total. The van der Waals surface area contributed by atoms with Crippen molar-refractivity contribution in [1.29, 1.82) is 5.26 Å². The quantitative estimate of drug-likeness (QED) is 0.195. The Bertz CT molecular complexity index is 2050. The first-order valence-corrected chi connectivity index (χ1v) is 15.8. The SMILES string of the molecule is Cc1ccc(C2=C(c3ccc(C)cc3)[C@@]3(c4ccccc4)C(=O)[C@@]2(c2ccccc2)[C@@H]2C(=O)N(c4ccccc4C#N)C(=O)[C@H]23)cc1. The molecule has 2 bridgehead atoms. The molecule has 226 valence electrons.